The molecule has 2 rings (SSSR count). The zero-order valence-electron chi connectivity index (χ0n) is 11.4. The fourth-order valence-corrected chi connectivity index (χ4v) is 2.33. The topological polar surface area (TPSA) is 38.2 Å². The third kappa shape index (κ3) is 4.96. The standard InChI is InChI=1S/C13H18F3N3O/c1-10-5-17-12(18-6-10)20-8-11-3-2-4-19(7-11)9-13(14,15)16/h5-6,11H,2-4,7-9H2,1H3. The molecule has 1 aliphatic rings. The van der Waals surface area contributed by atoms with Crippen molar-refractivity contribution in [2.24, 2.45) is 5.92 Å². The first-order valence-electron chi connectivity index (χ1n) is 6.63. The number of hydrogen-bond acceptors (Lipinski definition) is 4. The van der Waals surface area contributed by atoms with E-state index in [1.54, 1.807) is 12.4 Å². The molecule has 0 spiro atoms. The molecule has 0 aromatic carbocycles. The summed E-state index contributed by atoms with van der Waals surface area (Å²) in [4.78, 5) is 9.47. The van der Waals surface area contributed by atoms with Gasteiger partial charge in [0, 0.05) is 24.9 Å². The molecule has 7 heteroatoms. The molecule has 112 valence electrons. The number of halogens is 3. The minimum Gasteiger partial charge on any atom is -0.463 e. The van der Waals surface area contributed by atoms with E-state index in [0.29, 0.717) is 19.7 Å². The van der Waals surface area contributed by atoms with Crippen LogP contribution in [0.5, 0.6) is 6.01 Å². The first-order chi connectivity index (χ1) is 9.42. The van der Waals surface area contributed by atoms with Gasteiger partial charge in [0.1, 0.15) is 0 Å². The zero-order chi connectivity index (χ0) is 14.6. The fraction of sp³-hybridized carbons (Fsp3) is 0.692. The van der Waals surface area contributed by atoms with Crippen molar-refractivity contribution in [1.29, 1.82) is 0 Å². The van der Waals surface area contributed by atoms with Crippen LogP contribution in [0.25, 0.3) is 0 Å². The predicted molar refractivity (Wildman–Crippen MR) is 67.5 cm³/mol. The highest BCUT2D eigenvalue weighted by atomic mass is 19.4. The van der Waals surface area contributed by atoms with E-state index >= 15 is 0 Å². The van der Waals surface area contributed by atoms with Crippen molar-refractivity contribution < 1.29 is 17.9 Å². The number of hydrogen-bond donors (Lipinski definition) is 0. The molecule has 1 fully saturated rings. The summed E-state index contributed by atoms with van der Waals surface area (Å²) in [6.07, 6.45) is 0.806. The molecular formula is C13H18F3N3O. The molecular weight excluding hydrogens is 271 g/mol. The van der Waals surface area contributed by atoms with Crippen LogP contribution in [0, 0.1) is 12.8 Å². The Morgan fingerprint density at radius 3 is 2.70 bits per heavy atom. The van der Waals surface area contributed by atoms with Crippen molar-refractivity contribution >= 4 is 0 Å². The Morgan fingerprint density at radius 1 is 1.35 bits per heavy atom. The van der Waals surface area contributed by atoms with Gasteiger partial charge in [0.2, 0.25) is 0 Å². The molecule has 1 aromatic heterocycles. The maximum atomic E-state index is 12.4. The number of alkyl halides is 3. The molecule has 1 unspecified atom stereocenters. The van der Waals surface area contributed by atoms with Gasteiger partial charge in [0.15, 0.2) is 0 Å². The van der Waals surface area contributed by atoms with Crippen molar-refractivity contribution in [1.82, 2.24) is 14.9 Å². The molecule has 0 saturated carbocycles. The van der Waals surface area contributed by atoms with Crippen molar-refractivity contribution in [2.75, 3.05) is 26.2 Å². The summed E-state index contributed by atoms with van der Waals surface area (Å²) < 4.78 is 42.5. The Bertz CT molecular complexity index is 422. The summed E-state index contributed by atoms with van der Waals surface area (Å²) in [5.41, 5.74) is 0.936. The highest BCUT2D eigenvalue weighted by Crippen LogP contribution is 2.22. The smallest absolute Gasteiger partial charge is 0.401 e. The Labute approximate surface area is 116 Å². The van der Waals surface area contributed by atoms with Crippen LogP contribution in [0.15, 0.2) is 12.4 Å². The van der Waals surface area contributed by atoms with Crippen LogP contribution in [-0.4, -0.2) is 47.3 Å². The summed E-state index contributed by atoms with van der Waals surface area (Å²) in [7, 11) is 0. The third-order valence-corrected chi connectivity index (χ3v) is 3.21. The van der Waals surface area contributed by atoms with Gasteiger partial charge >= 0.3 is 12.2 Å². The molecule has 0 aliphatic carbocycles. The Morgan fingerprint density at radius 2 is 2.05 bits per heavy atom. The molecule has 0 N–H and O–H groups in total. The number of rotatable bonds is 4. The molecule has 0 amide bonds. The Kier molecular flexibility index (Phi) is 4.80. The average Bonchev–Trinajstić information content (AvgIpc) is 2.36. The van der Waals surface area contributed by atoms with Crippen LogP contribution in [0.3, 0.4) is 0 Å². The van der Waals surface area contributed by atoms with Crippen molar-refractivity contribution in [3.8, 4) is 6.01 Å². The lowest BCUT2D eigenvalue weighted by Gasteiger charge is -2.32. The van der Waals surface area contributed by atoms with Crippen LogP contribution >= 0.6 is 0 Å². The van der Waals surface area contributed by atoms with E-state index in [-0.39, 0.29) is 11.9 Å². The van der Waals surface area contributed by atoms with Crippen molar-refractivity contribution in [3.63, 3.8) is 0 Å². The molecule has 4 nitrogen and oxygen atoms in total. The molecule has 0 radical (unpaired) electrons. The van der Waals surface area contributed by atoms with Gasteiger partial charge in [0.05, 0.1) is 13.2 Å². The minimum absolute atomic E-state index is 0.0935. The van der Waals surface area contributed by atoms with Gasteiger partial charge in [-0.15, -0.1) is 0 Å². The van der Waals surface area contributed by atoms with E-state index < -0.39 is 12.7 Å². The van der Waals surface area contributed by atoms with E-state index in [2.05, 4.69) is 9.97 Å². The highest BCUT2D eigenvalue weighted by molar-refractivity contribution is 5.04. The third-order valence-electron chi connectivity index (χ3n) is 3.21. The summed E-state index contributed by atoms with van der Waals surface area (Å²) in [6, 6.07) is 0.281. The second kappa shape index (κ2) is 6.39. The maximum absolute atomic E-state index is 12.4. The van der Waals surface area contributed by atoms with E-state index in [1.807, 2.05) is 6.92 Å². The summed E-state index contributed by atoms with van der Waals surface area (Å²) in [5, 5.41) is 0. The lowest BCUT2D eigenvalue weighted by molar-refractivity contribution is -0.149. The van der Waals surface area contributed by atoms with E-state index in [4.69, 9.17) is 4.74 Å². The fourth-order valence-electron chi connectivity index (χ4n) is 2.33. The minimum atomic E-state index is -4.14. The average molecular weight is 289 g/mol. The number of nitrogens with zero attached hydrogens (tertiary/aromatic N) is 3. The summed E-state index contributed by atoms with van der Waals surface area (Å²) in [6.45, 7) is 2.30. The molecule has 20 heavy (non-hydrogen) atoms. The lowest BCUT2D eigenvalue weighted by Crippen LogP contribution is -2.42. The molecule has 2 heterocycles. The van der Waals surface area contributed by atoms with Crippen LogP contribution in [-0.2, 0) is 0 Å². The highest BCUT2D eigenvalue weighted by Gasteiger charge is 2.33. The van der Waals surface area contributed by atoms with Crippen molar-refractivity contribution in [2.45, 2.75) is 25.9 Å². The van der Waals surface area contributed by atoms with Gasteiger partial charge in [0.25, 0.3) is 0 Å². The van der Waals surface area contributed by atoms with Gasteiger partial charge in [-0.2, -0.15) is 13.2 Å². The molecule has 0 bridgehead atoms. The number of ether oxygens (including phenoxy) is 1. The van der Waals surface area contributed by atoms with Gasteiger partial charge in [-0.3, -0.25) is 4.90 Å². The second-order valence-corrected chi connectivity index (χ2v) is 5.21. The van der Waals surface area contributed by atoms with Crippen LogP contribution < -0.4 is 4.74 Å². The van der Waals surface area contributed by atoms with E-state index in [0.717, 1.165) is 18.4 Å². The molecule has 1 aliphatic heterocycles. The van der Waals surface area contributed by atoms with Crippen LogP contribution in [0.4, 0.5) is 13.2 Å². The van der Waals surface area contributed by atoms with Crippen LogP contribution in [0.1, 0.15) is 18.4 Å². The van der Waals surface area contributed by atoms with E-state index in [1.165, 1.54) is 4.90 Å². The molecule has 1 aromatic rings. The van der Waals surface area contributed by atoms with Gasteiger partial charge in [-0.05, 0) is 31.9 Å². The Hall–Kier alpha value is -1.37. The van der Waals surface area contributed by atoms with Gasteiger partial charge < -0.3 is 4.74 Å². The Balaban J connectivity index is 1.79. The van der Waals surface area contributed by atoms with Gasteiger partial charge in [-0.25, -0.2) is 9.97 Å². The molecule has 1 atom stereocenters. The van der Waals surface area contributed by atoms with E-state index in [9.17, 15) is 13.2 Å². The van der Waals surface area contributed by atoms with Crippen molar-refractivity contribution in [3.05, 3.63) is 18.0 Å². The number of aromatic nitrogens is 2. The number of likely N-dealkylation sites (tertiary alicyclic amines) is 1. The lowest BCUT2D eigenvalue weighted by atomic mass is 9.99. The first-order valence-corrected chi connectivity index (χ1v) is 6.63. The van der Waals surface area contributed by atoms with Crippen LogP contribution in [0.2, 0.25) is 0 Å². The normalized spacial score (nSPS) is 20.9. The molecule has 1 saturated heterocycles. The maximum Gasteiger partial charge on any atom is 0.401 e. The number of aryl methyl sites for hydroxylation is 1. The monoisotopic (exact) mass is 289 g/mol. The summed E-state index contributed by atoms with van der Waals surface area (Å²) in [5.74, 6) is 0.0935. The zero-order valence-corrected chi connectivity index (χ0v) is 11.4. The SMILES string of the molecule is Cc1cnc(OCC2CCCN(CC(F)(F)F)C2)nc1. The summed E-state index contributed by atoms with van der Waals surface area (Å²) >= 11 is 0. The quantitative estimate of drug-likeness (QED) is 0.853. The van der Waals surface area contributed by atoms with Gasteiger partial charge in [-0.1, -0.05) is 0 Å². The predicted octanol–water partition coefficient (Wildman–Crippen LogP) is 2.44. The largest absolute Gasteiger partial charge is 0.463 e. The number of piperidine rings is 1. The first kappa shape index (κ1) is 15.0. The second-order valence-electron chi connectivity index (χ2n) is 5.21.